The molecule has 21 nitrogen and oxygen atoms in total. The van der Waals surface area contributed by atoms with Crippen LogP contribution in [-0.2, 0) is 96.2 Å². The number of carbonyl (C=O) groups is 4. The summed E-state index contributed by atoms with van der Waals surface area (Å²) >= 11 is 9.36. The van der Waals surface area contributed by atoms with Crippen molar-refractivity contribution in [2.75, 3.05) is 21.3 Å². The van der Waals surface area contributed by atoms with E-state index in [1.807, 2.05) is 231 Å². The number of aromatic hydroxyl groups is 1. The lowest BCUT2D eigenvalue weighted by atomic mass is 9.91. The Morgan fingerprint density at radius 1 is 0.295 bits per heavy atom. The van der Waals surface area contributed by atoms with Crippen LogP contribution in [-0.4, -0.2) is 89.0 Å². The predicted octanol–water partition coefficient (Wildman–Crippen LogP) is 19.3. The van der Waals surface area contributed by atoms with Crippen molar-refractivity contribution >= 4 is 74.4 Å². The van der Waals surface area contributed by atoms with Crippen LogP contribution in [0.5, 0.6) is 5.75 Å². The molecule has 9 N–H and O–H groups in total. The summed E-state index contributed by atoms with van der Waals surface area (Å²) in [5, 5.41) is 66.3. The summed E-state index contributed by atoms with van der Waals surface area (Å²) in [6, 6.07) is 96.4. The monoisotopic (exact) mass is 1830 g/mol. The van der Waals surface area contributed by atoms with Gasteiger partial charge in [0.05, 0.1) is 71.2 Å². The average Bonchev–Trinajstić information content (AvgIpc) is 0.778. The van der Waals surface area contributed by atoms with Gasteiger partial charge >= 0.3 is 0 Å². The second-order valence-electron chi connectivity index (χ2n) is 32.3. The van der Waals surface area contributed by atoms with E-state index in [2.05, 4.69) is 61.5 Å². The minimum absolute atomic E-state index is 0.0583. The summed E-state index contributed by atoms with van der Waals surface area (Å²) in [6.07, 6.45) is 2.68. The topological polar surface area (TPSA) is 321 Å². The molecule has 20 rings (SSSR count). The fraction of sp³-hybridized carbons (Fsp3) is 0.148. The number of hydrogen-bond donors (Lipinski definition) is 9. The van der Waals surface area contributed by atoms with Gasteiger partial charge in [-0.1, -0.05) is 294 Å². The van der Waals surface area contributed by atoms with E-state index in [4.69, 9.17) is 51.5 Å². The Morgan fingerprint density at radius 3 is 0.788 bits per heavy atom. The second kappa shape index (κ2) is 41.3. The number of aliphatic hydroxyl groups excluding tert-OH is 4. The molecule has 0 saturated heterocycles. The zero-order valence-corrected chi connectivity index (χ0v) is 73.7. The van der Waals surface area contributed by atoms with E-state index in [0.717, 1.165) is 127 Å². The van der Waals surface area contributed by atoms with Gasteiger partial charge in [-0.3, -0.25) is 19.2 Å². The Bertz CT molecular complexity index is 6060. The lowest BCUT2D eigenvalue weighted by molar-refractivity contribution is -0.116. The summed E-state index contributed by atoms with van der Waals surface area (Å²) in [5.74, 6) is -0.101. The number of aliphatic hydroxyl groups is 4. The Balaban J connectivity index is 0.000000123. The molecule has 0 radical (unpaired) electrons. The van der Waals surface area contributed by atoms with E-state index >= 15 is 0 Å². The van der Waals surface area contributed by atoms with Gasteiger partial charge in [-0.2, -0.15) is 0 Å². The highest BCUT2D eigenvalue weighted by molar-refractivity contribution is 9.10. The van der Waals surface area contributed by atoms with Gasteiger partial charge in [0.15, 0.2) is 23.3 Å². The fourth-order valence-corrected chi connectivity index (χ4v) is 16.9. The number of anilines is 4. The van der Waals surface area contributed by atoms with E-state index in [0.29, 0.717) is 80.1 Å². The van der Waals surface area contributed by atoms with Crippen LogP contribution in [0, 0.1) is 5.82 Å². The van der Waals surface area contributed by atoms with Crippen molar-refractivity contribution in [3.05, 3.63) is 443 Å². The molecule has 24 heteroatoms. The van der Waals surface area contributed by atoms with E-state index in [1.54, 1.807) is 48.5 Å². The number of hydrogen-bond acceptors (Lipinski definition) is 17. The quantitative estimate of drug-likeness (QED) is 0.0342. The third-order valence-corrected chi connectivity index (χ3v) is 24.0. The van der Waals surface area contributed by atoms with Crippen molar-refractivity contribution in [3.63, 3.8) is 0 Å². The van der Waals surface area contributed by atoms with Gasteiger partial charge in [0.2, 0.25) is 23.6 Å². The van der Waals surface area contributed by atoms with Crippen molar-refractivity contribution in [1.29, 1.82) is 0 Å². The number of carbonyl (C=O) groups excluding carboxylic acids is 4. The Hall–Kier alpha value is -14.8. The molecule has 0 fully saturated rings. The van der Waals surface area contributed by atoms with Gasteiger partial charge in [-0.25, -0.2) is 44.3 Å². The number of rotatable bonds is 20. The minimum Gasteiger partial charge on any atom is -0.508 e. The van der Waals surface area contributed by atoms with Crippen LogP contribution in [0.25, 0.3) is 45.0 Å². The van der Waals surface area contributed by atoms with Gasteiger partial charge in [0.25, 0.3) is 0 Å². The summed E-state index contributed by atoms with van der Waals surface area (Å²) in [4.78, 5) is 89.8. The predicted molar refractivity (Wildman–Crippen MR) is 511 cm³/mol. The third kappa shape index (κ3) is 21.4. The molecule has 4 aliphatic rings. The van der Waals surface area contributed by atoms with Gasteiger partial charge in [-0.05, 0) is 167 Å². The van der Waals surface area contributed by atoms with E-state index in [-0.39, 0.29) is 72.5 Å². The molecule has 4 unspecified atom stereocenters. The van der Waals surface area contributed by atoms with Crippen molar-refractivity contribution in [1.82, 2.24) is 39.9 Å². The van der Waals surface area contributed by atoms with Gasteiger partial charge in [0.1, 0.15) is 58.8 Å². The maximum absolute atomic E-state index is 13.2. The van der Waals surface area contributed by atoms with Crippen LogP contribution in [0.15, 0.2) is 320 Å². The van der Waals surface area contributed by atoms with Crippen LogP contribution in [0.4, 0.5) is 27.7 Å². The maximum Gasteiger partial charge on any atom is 0.229 e. The Morgan fingerprint density at radius 2 is 0.523 bits per heavy atom. The molecule has 4 aromatic heterocycles. The Kier molecular flexibility index (Phi) is 27.9. The maximum atomic E-state index is 13.2. The molecule has 4 atom stereocenters. The lowest BCUT2D eigenvalue weighted by Gasteiger charge is -2.22. The highest BCUT2D eigenvalue weighted by Gasteiger charge is 2.32. The minimum atomic E-state index is -1.06. The number of aromatic nitrogens is 8. The molecule has 132 heavy (non-hydrogen) atoms. The smallest absolute Gasteiger partial charge is 0.229 e. The van der Waals surface area contributed by atoms with Crippen molar-refractivity contribution < 1.29 is 49.1 Å². The molecular formula is C108H89BrClFN12O9. The SMILES string of the molecule is O=C(Cc1ccc(Br)cc1)Nc1nc2c(nc1C(O)c1ccccc1)-c1ccccc1CC2.O=C(Cc1ccc(Cl)cc1)Nc1nc2c(nc1C(O)c1ccccc1)-c1ccccc1CC2.O=C(Cc1ccc(F)cc1)Nc1nc2c(nc1C(O)c1ccccc1)-c1ccccc1CC2.O=C(Cc1ccc(O)cc1)Nc1nc2c(nc1C(O)c1ccccc1)-c1ccccc1CC2. The number of halogens is 3. The Labute approximate surface area is 774 Å². The zero-order valence-electron chi connectivity index (χ0n) is 71.4. The number of benzene rings is 12. The van der Waals surface area contributed by atoms with Gasteiger partial charge in [-0.15, -0.1) is 0 Å². The first-order valence-electron chi connectivity index (χ1n) is 43.4. The molecule has 0 saturated carbocycles. The van der Waals surface area contributed by atoms with Crippen LogP contribution in [0.3, 0.4) is 0 Å². The van der Waals surface area contributed by atoms with Crippen LogP contribution in [0.2, 0.25) is 5.02 Å². The number of nitrogens with zero attached hydrogens (tertiary/aromatic N) is 8. The van der Waals surface area contributed by atoms with Gasteiger partial charge in [0, 0.05) is 31.7 Å². The number of fused-ring (bicyclic) bond motifs is 12. The molecule has 4 amide bonds. The summed E-state index contributed by atoms with van der Waals surface area (Å²) in [5.41, 5.74) is 22.3. The molecule has 0 spiro atoms. The molecule has 656 valence electrons. The highest BCUT2D eigenvalue weighted by Crippen LogP contribution is 2.42. The van der Waals surface area contributed by atoms with Crippen molar-refractivity contribution in [2.45, 2.75) is 101 Å². The van der Waals surface area contributed by atoms with Crippen molar-refractivity contribution in [2.24, 2.45) is 0 Å². The third-order valence-electron chi connectivity index (χ3n) is 23.3. The second-order valence-corrected chi connectivity index (χ2v) is 33.7. The van der Waals surface area contributed by atoms with Crippen LogP contribution in [0.1, 0.15) is 137 Å². The number of phenolic OH excluding ortho intramolecular Hbond substituents is 1. The van der Waals surface area contributed by atoms with Crippen molar-refractivity contribution in [3.8, 4) is 50.8 Å². The average molecular weight is 1830 g/mol. The van der Waals surface area contributed by atoms with Gasteiger partial charge < -0.3 is 46.8 Å². The molecule has 16 aromatic rings. The summed E-state index contributed by atoms with van der Waals surface area (Å²) < 4.78 is 14.2. The summed E-state index contributed by atoms with van der Waals surface area (Å²) in [6.45, 7) is 0. The largest absolute Gasteiger partial charge is 0.508 e. The number of nitrogens with one attached hydrogen (secondary N) is 4. The number of amides is 4. The highest BCUT2D eigenvalue weighted by atomic mass is 79.9. The number of aryl methyl sites for hydroxylation is 8. The first kappa shape index (κ1) is 89.2. The fourth-order valence-electron chi connectivity index (χ4n) is 16.6. The molecule has 0 bridgehead atoms. The van der Waals surface area contributed by atoms with E-state index < -0.39 is 24.4 Å². The molecule has 4 aliphatic carbocycles. The van der Waals surface area contributed by atoms with Crippen LogP contribution < -0.4 is 21.3 Å². The molecule has 12 aromatic carbocycles. The zero-order chi connectivity index (χ0) is 91.1. The van der Waals surface area contributed by atoms with E-state index in [9.17, 15) is 49.1 Å². The normalized spacial score (nSPS) is 13.0. The first-order valence-corrected chi connectivity index (χ1v) is 44.6. The van der Waals surface area contributed by atoms with Crippen LogP contribution >= 0.6 is 27.5 Å². The number of phenols is 1. The molecule has 0 aliphatic heterocycles. The lowest BCUT2D eigenvalue weighted by Crippen LogP contribution is -2.21. The summed E-state index contributed by atoms with van der Waals surface area (Å²) in [7, 11) is 0. The molecule has 4 heterocycles. The standard InChI is InChI=1S/C27H22BrN3O2.C27H22ClN3O2.C27H22FN3O2.C27H23N3O3/c3*28-20-13-10-17(11-14-20)16-23(32)30-27-25(26(33)19-7-2-1-3-8-19)31-24-21-9-5-4-6-18(21)12-15-22(24)29-27;31-20-13-10-17(11-14-20)16-23(32)29-27-25(26(33)19-7-2-1-3-8-19)30-24-21-9-5-4-6-18(21)12-15-22(24)28-27/h3*1-11,13-14,26,33H,12,15-16H2,(H,29,30,32);1-11,13-14,26,31,33H,12,15-16H2,(H,28,29,32). The molecular weight excluding hydrogens is 1740 g/mol. The first-order chi connectivity index (χ1) is 64.3. The van der Waals surface area contributed by atoms with E-state index in [1.165, 1.54) is 34.4 Å².